The maximum Gasteiger partial charge on any atom is 0.267 e. The van der Waals surface area contributed by atoms with Gasteiger partial charge in [0.25, 0.3) is 11.5 Å². The molecule has 1 aliphatic carbocycles. The van der Waals surface area contributed by atoms with E-state index in [0.29, 0.717) is 39.4 Å². The molecule has 0 unspecified atom stereocenters. The average molecular weight is 475 g/mol. The van der Waals surface area contributed by atoms with Crippen LogP contribution in [0.3, 0.4) is 0 Å². The van der Waals surface area contributed by atoms with Crippen LogP contribution in [0.2, 0.25) is 0 Å². The smallest absolute Gasteiger partial charge is 0.267 e. The summed E-state index contributed by atoms with van der Waals surface area (Å²) in [6.45, 7) is 2.84. The fraction of sp³-hybridized carbons (Fsp3) is 0.455. The van der Waals surface area contributed by atoms with E-state index in [9.17, 15) is 9.59 Å². The third kappa shape index (κ3) is 4.73. The van der Waals surface area contributed by atoms with Crippen molar-refractivity contribution in [3.05, 3.63) is 44.7 Å². The van der Waals surface area contributed by atoms with Crippen LogP contribution in [0.4, 0.5) is 5.82 Å². The Morgan fingerprint density at radius 3 is 2.84 bits per heavy atom. The van der Waals surface area contributed by atoms with Crippen molar-refractivity contribution < 1.29 is 14.6 Å². The molecule has 10 heteroatoms. The van der Waals surface area contributed by atoms with Gasteiger partial charge in [0.2, 0.25) is 0 Å². The van der Waals surface area contributed by atoms with E-state index in [4.69, 9.17) is 22.1 Å². The quantitative estimate of drug-likeness (QED) is 0.342. The van der Waals surface area contributed by atoms with Gasteiger partial charge in [-0.15, -0.1) is 0 Å². The maximum atomic E-state index is 13.4. The molecule has 0 radical (unpaired) electrons. The molecule has 0 aromatic carbocycles. The number of hydrogen-bond donors (Lipinski definition) is 2. The van der Waals surface area contributed by atoms with Gasteiger partial charge in [0.05, 0.1) is 30.3 Å². The van der Waals surface area contributed by atoms with Gasteiger partial charge in [-0.05, 0) is 37.5 Å². The summed E-state index contributed by atoms with van der Waals surface area (Å²) in [5.41, 5.74) is 1.49. The highest BCUT2D eigenvalue weighted by Gasteiger charge is 2.38. The van der Waals surface area contributed by atoms with Gasteiger partial charge in [-0.1, -0.05) is 42.9 Å². The lowest BCUT2D eigenvalue weighted by molar-refractivity contribution is -0.123. The third-order valence-electron chi connectivity index (χ3n) is 5.57. The topological polar surface area (TPSA) is 96.2 Å². The molecule has 1 amide bonds. The molecule has 2 N–H and O–H groups in total. The molecule has 2 aromatic heterocycles. The van der Waals surface area contributed by atoms with E-state index in [2.05, 4.69) is 10.3 Å². The number of carbonyl (C=O) groups is 1. The Morgan fingerprint density at radius 2 is 2.09 bits per heavy atom. The normalized spacial score (nSPS) is 18.4. The van der Waals surface area contributed by atoms with E-state index in [0.717, 1.165) is 31.2 Å². The van der Waals surface area contributed by atoms with Gasteiger partial charge in [-0.3, -0.25) is 18.9 Å². The van der Waals surface area contributed by atoms with Crippen LogP contribution in [0, 0.1) is 6.92 Å². The summed E-state index contributed by atoms with van der Waals surface area (Å²) in [4.78, 5) is 33.3. The minimum atomic E-state index is -0.261. The Labute approximate surface area is 195 Å². The molecule has 32 heavy (non-hydrogen) atoms. The van der Waals surface area contributed by atoms with Crippen LogP contribution >= 0.6 is 24.0 Å². The minimum absolute atomic E-state index is 0.0526. The Hall–Kier alpha value is -2.27. The van der Waals surface area contributed by atoms with Gasteiger partial charge in [0, 0.05) is 18.8 Å². The zero-order chi connectivity index (χ0) is 22.7. The fourth-order valence-electron chi connectivity index (χ4n) is 4.02. The number of rotatable bonds is 8. The Balaban J connectivity index is 1.70. The molecule has 8 nitrogen and oxygen atoms in total. The van der Waals surface area contributed by atoms with Crippen molar-refractivity contribution in [2.75, 3.05) is 31.7 Å². The number of nitrogens with one attached hydrogen (secondary N) is 1. The number of aromatic nitrogens is 2. The number of aliphatic hydroxyl groups is 1. The Morgan fingerprint density at radius 1 is 1.31 bits per heavy atom. The molecule has 2 aliphatic rings. The number of anilines is 1. The molecular weight excluding hydrogens is 448 g/mol. The molecular formula is C22H26N4O4S2. The lowest BCUT2D eigenvalue weighted by Gasteiger charge is -2.21. The minimum Gasteiger partial charge on any atom is -0.394 e. The van der Waals surface area contributed by atoms with Gasteiger partial charge in [0.15, 0.2) is 0 Å². The van der Waals surface area contributed by atoms with Crippen molar-refractivity contribution in [2.24, 2.45) is 0 Å². The largest absolute Gasteiger partial charge is 0.394 e. The SMILES string of the molecule is Cc1ccc2nc(NCCOCCO)c(/C=C3\SC(=S)N(C4CCCC4)C3=O)c(=O)n2c1. The molecule has 2 fully saturated rings. The van der Waals surface area contributed by atoms with Crippen LogP contribution in [0.5, 0.6) is 0 Å². The van der Waals surface area contributed by atoms with Gasteiger partial charge in [-0.2, -0.15) is 0 Å². The third-order valence-corrected chi connectivity index (χ3v) is 6.90. The van der Waals surface area contributed by atoms with Gasteiger partial charge < -0.3 is 15.2 Å². The van der Waals surface area contributed by atoms with Crippen molar-refractivity contribution in [1.82, 2.24) is 14.3 Å². The van der Waals surface area contributed by atoms with E-state index in [1.165, 1.54) is 16.2 Å². The molecule has 1 saturated heterocycles. The van der Waals surface area contributed by atoms with Crippen molar-refractivity contribution in [2.45, 2.75) is 38.6 Å². The van der Waals surface area contributed by atoms with E-state index in [1.807, 2.05) is 13.0 Å². The second kappa shape index (κ2) is 10.1. The molecule has 170 valence electrons. The summed E-state index contributed by atoms with van der Waals surface area (Å²) in [6.07, 6.45) is 7.46. The standard InChI is InChI=1S/C22H26N4O4S2/c1-14-6-7-18-24-19(23-8-10-30-11-9-27)16(20(28)25(18)13-14)12-17-21(29)26(22(31)32-17)15-4-2-3-5-15/h6-7,12-13,15,23,27H,2-5,8-11H2,1H3/b17-12-. The predicted octanol–water partition coefficient (Wildman–Crippen LogP) is 2.57. The summed E-state index contributed by atoms with van der Waals surface area (Å²) < 4.78 is 7.33. The number of amides is 1. The number of thioether (sulfide) groups is 1. The van der Waals surface area contributed by atoms with Crippen LogP contribution in [0.15, 0.2) is 28.0 Å². The summed E-state index contributed by atoms with van der Waals surface area (Å²) in [6, 6.07) is 3.82. The summed E-state index contributed by atoms with van der Waals surface area (Å²) >= 11 is 6.73. The second-order valence-electron chi connectivity index (χ2n) is 7.87. The molecule has 0 atom stereocenters. The number of thiocarbonyl (C=S) groups is 1. The van der Waals surface area contributed by atoms with Crippen LogP contribution in [-0.2, 0) is 9.53 Å². The molecule has 1 aliphatic heterocycles. The number of nitrogens with zero attached hydrogens (tertiary/aromatic N) is 3. The zero-order valence-electron chi connectivity index (χ0n) is 17.9. The lowest BCUT2D eigenvalue weighted by atomic mass is 10.2. The molecule has 2 aromatic rings. The highest BCUT2D eigenvalue weighted by molar-refractivity contribution is 8.26. The van der Waals surface area contributed by atoms with E-state index in [1.54, 1.807) is 23.2 Å². The van der Waals surface area contributed by atoms with Crippen LogP contribution in [-0.4, -0.2) is 62.0 Å². The van der Waals surface area contributed by atoms with Crippen molar-refractivity contribution in [1.29, 1.82) is 0 Å². The Bertz CT molecular complexity index is 1120. The monoisotopic (exact) mass is 474 g/mol. The number of aryl methyl sites for hydroxylation is 1. The molecule has 0 spiro atoms. The maximum absolute atomic E-state index is 13.4. The summed E-state index contributed by atoms with van der Waals surface area (Å²) in [5.74, 6) is 0.246. The Kier molecular flexibility index (Phi) is 7.24. The number of ether oxygens (including phenoxy) is 1. The van der Waals surface area contributed by atoms with Crippen molar-refractivity contribution in [3.63, 3.8) is 0 Å². The first-order valence-electron chi connectivity index (χ1n) is 10.7. The van der Waals surface area contributed by atoms with E-state index in [-0.39, 0.29) is 30.7 Å². The number of pyridine rings is 1. The number of aliphatic hydroxyl groups excluding tert-OH is 1. The van der Waals surface area contributed by atoms with Crippen LogP contribution in [0.25, 0.3) is 11.7 Å². The zero-order valence-corrected chi connectivity index (χ0v) is 19.5. The predicted molar refractivity (Wildman–Crippen MR) is 130 cm³/mol. The lowest BCUT2D eigenvalue weighted by Crippen LogP contribution is -2.36. The number of hydrogen-bond acceptors (Lipinski definition) is 8. The van der Waals surface area contributed by atoms with E-state index < -0.39 is 0 Å². The first-order chi connectivity index (χ1) is 15.5. The molecule has 3 heterocycles. The highest BCUT2D eigenvalue weighted by atomic mass is 32.2. The van der Waals surface area contributed by atoms with Crippen LogP contribution < -0.4 is 10.9 Å². The molecule has 4 rings (SSSR count). The highest BCUT2D eigenvalue weighted by Crippen LogP contribution is 2.38. The van der Waals surface area contributed by atoms with Crippen LogP contribution in [0.1, 0.15) is 36.8 Å². The van der Waals surface area contributed by atoms with E-state index >= 15 is 0 Å². The summed E-state index contributed by atoms with van der Waals surface area (Å²) in [5, 5.41) is 12.0. The van der Waals surface area contributed by atoms with Gasteiger partial charge in [0.1, 0.15) is 15.8 Å². The van der Waals surface area contributed by atoms with Crippen molar-refractivity contribution in [3.8, 4) is 0 Å². The number of carbonyl (C=O) groups excluding carboxylic acids is 1. The molecule has 1 saturated carbocycles. The van der Waals surface area contributed by atoms with Gasteiger partial charge >= 0.3 is 0 Å². The van der Waals surface area contributed by atoms with Gasteiger partial charge in [-0.25, -0.2) is 4.98 Å². The first-order valence-corrected chi connectivity index (χ1v) is 11.9. The second-order valence-corrected chi connectivity index (χ2v) is 9.54. The van der Waals surface area contributed by atoms with Crippen molar-refractivity contribution >= 4 is 51.7 Å². The first kappa shape index (κ1) is 22.9. The summed E-state index contributed by atoms with van der Waals surface area (Å²) in [7, 11) is 0. The number of fused-ring (bicyclic) bond motifs is 1. The molecule has 0 bridgehead atoms. The fourth-order valence-corrected chi connectivity index (χ4v) is 5.40. The average Bonchev–Trinajstić information content (AvgIpc) is 3.38.